The molecular formula is C30H26N10O3. The van der Waals surface area contributed by atoms with Crippen molar-refractivity contribution >= 4 is 28.3 Å². The van der Waals surface area contributed by atoms with Crippen LogP contribution in [-0.4, -0.2) is 51.2 Å². The van der Waals surface area contributed by atoms with E-state index in [4.69, 9.17) is 16.5 Å². The molecule has 0 aliphatic carbocycles. The first-order chi connectivity index (χ1) is 20.8. The summed E-state index contributed by atoms with van der Waals surface area (Å²) in [6.07, 6.45) is 5.36. The molecule has 4 heterocycles. The molecule has 43 heavy (non-hydrogen) atoms. The number of aliphatic hydroxyl groups excluding tert-OH is 1. The van der Waals surface area contributed by atoms with Crippen molar-refractivity contribution in [3.05, 3.63) is 112 Å². The standard InChI is InChI=1S/C30H26N10O3/c1-18(35-29(42)25-26(32)37-39-14-6-13-33-28(25)39)27-36-22-10-5-7-20(12-11-19-15-34-38(16-19)17-23(31)41)24(22)30(43)40(27)21-8-3-2-4-9-21/h2-10,13-16,18,23,41H,17,31H2,1H3,(H2,32,37)(H,35,42)/t18-,23?/m1/s1. The molecule has 6 rings (SSSR count). The molecule has 214 valence electrons. The molecule has 1 unspecified atom stereocenters. The molecule has 0 saturated carbocycles. The van der Waals surface area contributed by atoms with Crippen LogP contribution >= 0.6 is 0 Å². The van der Waals surface area contributed by atoms with Crippen LogP contribution in [-0.2, 0) is 6.54 Å². The Morgan fingerprint density at radius 3 is 2.72 bits per heavy atom. The van der Waals surface area contributed by atoms with Gasteiger partial charge in [0.25, 0.3) is 11.5 Å². The third-order valence-corrected chi connectivity index (χ3v) is 6.67. The molecule has 0 fully saturated rings. The van der Waals surface area contributed by atoms with Crippen molar-refractivity contribution in [2.24, 2.45) is 5.73 Å². The highest BCUT2D eigenvalue weighted by atomic mass is 16.3. The Bertz CT molecular complexity index is 2100. The first-order valence-corrected chi connectivity index (χ1v) is 13.3. The van der Waals surface area contributed by atoms with Gasteiger partial charge in [-0.15, -0.1) is 5.10 Å². The summed E-state index contributed by atoms with van der Waals surface area (Å²) in [7, 11) is 0. The smallest absolute Gasteiger partial charge is 0.267 e. The lowest BCUT2D eigenvalue weighted by atomic mass is 10.1. The lowest BCUT2D eigenvalue weighted by Crippen LogP contribution is -2.33. The summed E-state index contributed by atoms with van der Waals surface area (Å²) in [5, 5.41) is 20.9. The van der Waals surface area contributed by atoms with Gasteiger partial charge in [0.2, 0.25) is 0 Å². The predicted octanol–water partition coefficient (Wildman–Crippen LogP) is 1.38. The number of aliphatic hydroxyl groups is 1. The fourth-order valence-electron chi connectivity index (χ4n) is 4.78. The molecule has 0 spiro atoms. The van der Waals surface area contributed by atoms with Crippen LogP contribution in [0.15, 0.2) is 84.2 Å². The van der Waals surface area contributed by atoms with Crippen LogP contribution in [0.1, 0.15) is 40.3 Å². The number of anilines is 1. The molecule has 0 aliphatic rings. The van der Waals surface area contributed by atoms with Gasteiger partial charge in [-0.25, -0.2) is 14.5 Å². The van der Waals surface area contributed by atoms with Crippen molar-refractivity contribution < 1.29 is 9.90 Å². The quantitative estimate of drug-likeness (QED) is 0.168. The number of fused-ring (bicyclic) bond motifs is 2. The number of nitrogens with one attached hydrogen (secondary N) is 1. The number of para-hydroxylation sites is 1. The second-order valence-electron chi connectivity index (χ2n) is 9.76. The number of hydrogen-bond acceptors (Lipinski definition) is 9. The molecule has 0 aliphatic heterocycles. The number of aromatic nitrogens is 7. The molecule has 6 N–H and O–H groups in total. The SMILES string of the molecule is C[C@@H](NC(=O)c1c(N)nn2cccnc12)c1nc2cccc(C#Cc3cnn(CC(N)O)c3)c2c(=O)n1-c1ccccc1. The van der Waals surface area contributed by atoms with Crippen molar-refractivity contribution in [2.45, 2.75) is 25.7 Å². The maximum atomic E-state index is 14.2. The Labute approximate surface area is 244 Å². The summed E-state index contributed by atoms with van der Waals surface area (Å²) in [6.45, 7) is 1.86. The summed E-state index contributed by atoms with van der Waals surface area (Å²) in [6, 6.07) is 15.2. The molecule has 1 amide bonds. The van der Waals surface area contributed by atoms with E-state index < -0.39 is 18.2 Å². The fourth-order valence-corrected chi connectivity index (χ4v) is 4.78. The van der Waals surface area contributed by atoms with Crippen LogP contribution in [0.4, 0.5) is 5.82 Å². The van der Waals surface area contributed by atoms with Gasteiger partial charge in [-0.2, -0.15) is 5.10 Å². The van der Waals surface area contributed by atoms with E-state index in [9.17, 15) is 14.7 Å². The number of carbonyl (C=O) groups is 1. The van der Waals surface area contributed by atoms with E-state index in [1.165, 1.54) is 13.8 Å². The Kier molecular flexibility index (Phi) is 7.12. The molecule has 4 aromatic heterocycles. The van der Waals surface area contributed by atoms with Gasteiger partial charge in [0.05, 0.1) is 40.9 Å². The maximum Gasteiger partial charge on any atom is 0.267 e. The van der Waals surface area contributed by atoms with E-state index in [0.717, 1.165) is 0 Å². The number of nitrogens with two attached hydrogens (primary N) is 2. The van der Waals surface area contributed by atoms with Gasteiger partial charge in [0.15, 0.2) is 11.5 Å². The minimum atomic E-state index is -1.05. The van der Waals surface area contributed by atoms with Gasteiger partial charge in [-0.3, -0.25) is 18.8 Å². The summed E-state index contributed by atoms with van der Waals surface area (Å²) in [5.74, 6) is 5.92. The summed E-state index contributed by atoms with van der Waals surface area (Å²) in [5.41, 5.74) is 13.6. The Balaban J connectivity index is 1.43. The zero-order valence-corrected chi connectivity index (χ0v) is 22.9. The molecule has 13 nitrogen and oxygen atoms in total. The van der Waals surface area contributed by atoms with Crippen LogP contribution < -0.4 is 22.3 Å². The molecule has 0 bridgehead atoms. The highest BCUT2D eigenvalue weighted by Crippen LogP contribution is 2.22. The molecule has 0 radical (unpaired) electrons. The van der Waals surface area contributed by atoms with E-state index in [2.05, 4.69) is 32.3 Å². The van der Waals surface area contributed by atoms with Crippen molar-refractivity contribution in [2.75, 3.05) is 5.73 Å². The van der Waals surface area contributed by atoms with E-state index in [1.807, 2.05) is 18.2 Å². The number of nitrogen functional groups attached to an aromatic ring is 1. The van der Waals surface area contributed by atoms with Gasteiger partial charge >= 0.3 is 0 Å². The number of nitrogens with zero attached hydrogens (tertiary/aromatic N) is 7. The molecule has 2 aromatic carbocycles. The summed E-state index contributed by atoms with van der Waals surface area (Å²) < 4.78 is 4.38. The third-order valence-electron chi connectivity index (χ3n) is 6.67. The molecule has 13 heteroatoms. The Morgan fingerprint density at radius 2 is 1.93 bits per heavy atom. The van der Waals surface area contributed by atoms with Crippen LogP contribution in [0.3, 0.4) is 0 Å². The van der Waals surface area contributed by atoms with Crippen molar-refractivity contribution in [1.82, 2.24) is 39.2 Å². The second-order valence-corrected chi connectivity index (χ2v) is 9.76. The largest absolute Gasteiger partial charge is 0.381 e. The van der Waals surface area contributed by atoms with E-state index >= 15 is 0 Å². The van der Waals surface area contributed by atoms with Gasteiger partial charge in [0, 0.05) is 24.2 Å². The number of rotatable bonds is 6. The molecular weight excluding hydrogens is 548 g/mol. The zero-order valence-electron chi connectivity index (χ0n) is 22.9. The van der Waals surface area contributed by atoms with Crippen molar-refractivity contribution in [3.8, 4) is 17.5 Å². The minimum absolute atomic E-state index is 0.0308. The number of carbonyl (C=O) groups excluding carboxylic acids is 1. The number of amides is 1. The van der Waals surface area contributed by atoms with Crippen LogP contribution in [0.2, 0.25) is 0 Å². The van der Waals surface area contributed by atoms with Gasteiger partial charge in [0.1, 0.15) is 17.6 Å². The average molecular weight is 575 g/mol. The maximum absolute atomic E-state index is 14.2. The van der Waals surface area contributed by atoms with Crippen LogP contribution in [0, 0.1) is 11.8 Å². The Morgan fingerprint density at radius 1 is 1.12 bits per heavy atom. The first-order valence-electron chi connectivity index (χ1n) is 13.3. The number of hydrogen-bond donors (Lipinski definition) is 4. The number of benzene rings is 2. The van der Waals surface area contributed by atoms with E-state index in [1.54, 1.807) is 68.1 Å². The average Bonchev–Trinajstić information content (AvgIpc) is 3.58. The van der Waals surface area contributed by atoms with Crippen molar-refractivity contribution in [1.29, 1.82) is 0 Å². The van der Waals surface area contributed by atoms with E-state index in [-0.39, 0.29) is 23.5 Å². The monoisotopic (exact) mass is 574 g/mol. The normalized spacial score (nSPS) is 12.5. The molecule has 6 aromatic rings. The van der Waals surface area contributed by atoms with E-state index in [0.29, 0.717) is 39.2 Å². The topological polar surface area (TPSA) is 184 Å². The minimum Gasteiger partial charge on any atom is -0.381 e. The Hall–Kier alpha value is -5.84. The van der Waals surface area contributed by atoms with Gasteiger partial charge in [-0.05, 0) is 37.3 Å². The third kappa shape index (κ3) is 5.31. The molecule has 2 atom stereocenters. The summed E-state index contributed by atoms with van der Waals surface area (Å²) in [4.78, 5) is 36.7. The fraction of sp³-hybridized carbons (Fsp3) is 0.133. The van der Waals surface area contributed by atoms with Crippen LogP contribution in [0.5, 0.6) is 0 Å². The second kappa shape index (κ2) is 11.2. The zero-order chi connectivity index (χ0) is 30.1. The van der Waals surface area contributed by atoms with Crippen molar-refractivity contribution in [3.63, 3.8) is 0 Å². The lowest BCUT2D eigenvalue weighted by molar-refractivity contribution is 0.0940. The van der Waals surface area contributed by atoms with Crippen LogP contribution in [0.25, 0.3) is 22.2 Å². The highest BCUT2D eigenvalue weighted by Gasteiger charge is 2.24. The summed E-state index contributed by atoms with van der Waals surface area (Å²) >= 11 is 0. The highest BCUT2D eigenvalue weighted by molar-refractivity contribution is 6.04. The predicted molar refractivity (Wildman–Crippen MR) is 159 cm³/mol. The first kappa shape index (κ1) is 27.3. The molecule has 0 saturated heterocycles. The van der Waals surface area contributed by atoms with Gasteiger partial charge < -0.3 is 21.9 Å². The van der Waals surface area contributed by atoms with Gasteiger partial charge in [-0.1, -0.05) is 36.1 Å². The lowest BCUT2D eigenvalue weighted by Gasteiger charge is -2.20.